The molecule has 0 amide bonds. The second-order valence-electron chi connectivity index (χ2n) is 6.37. The number of imidazole rings is 1. The number of nitrogens with two attached hydrogens (primary N) is 1. The highest BCUT2D eigenvalue weighted by Gasteiger charge is 2.24. The topological polar surface area (TPSA) is 43.8 Å². The van der Waals surface area contributed by atoms with E-state index in [0.717, 1.165) is 29.3 Å². The van der Waals surface area contributed by atoms with E-state index in [4.69, 9.17) is 10.7 Å². The first kappa shape index (κ1) is 14.6. The first-order valence-electron chi connectivity index (χ1n) is 7.21. The van der Waals surface area contributed by atoms with Crippen LogP contribution in [0.3, 0.4) is 0 Å². The van der Waals surface area contributed by atoms with Crippen LogP contribution in [0.4, 0.5) is 5.82 Å². The van der Waals surface area contributed by atoms with E-state index in [1.54, 1.807) is 0 Å². The average Bonchev–Trinajstić information content (AvgIpc) is 2.69. The molecule has 0 spiro atoms. The molecule has 3 heteroatoms. The number of hydrogen-bond donors (Lipinski definition) is 1. The SMILES string of the molecule is CCc1nc(-c2cccc(C)c2C)c(N)n1C(C)(C)C. The number of nitrogen functional groups attached to an aromatic ring is 1. The maximum absolute atomic E-state index is 6.42. The van der Waals surface area contributed by atoms with E-state index in [0.29, 0.717) is 0 Å². The van der Waals surface area contributed by atoms with E-state index in [1.807, 2.05) is 0 Å². The second-order valence-corrected chi connectivity index (χ2v) is 6.37. The Balaban J connectivity index is 2.71. The smallest absolute Gasteiger partial charge is 0.132 e. The van der Waals surface area contributed by atoms with Crippen molar-refractivity contribution in [2.24, 2.45) is 0 Å². The number of hydrogen-bond acceptors (Lipinski definition) is 2. The number of benzene rings is 1. The van der Waals surface area contributed by atoms with Gasteiger partial charge in [-0.25, -0.2) is 4.98 Å². The summed E-state index contributed by atoms with van der Waals surface area (Å²) in [6.45, 7) is 12.9. The van der Waals surface area contributed by atoms with Gasteiger partial charge in [0.25, 0.3) is 0 Å². The molecular weight excluding hydrogens is 246 g/mol. The molecule has 0 saturated heterocycles. The summed E-state index contributed by atoms with van der Waals surface area (Å²) in [5, 5.41) is 0. The maximum atomic E-state index is 6.42. The van der Waals surface area contributed by atoms with Crippen molar-refractivity contribution in [3.05, 3.63) is 35.2 Å². The minimum absolute atomic E-state index is 0.0571. The van der Waals surface area contributed by atoms with Gasteiger partial charge in [-0.15, -0.1) is 0 Å². The van der Waals surface area contributed by atoms with Gasteiger partial charge in [-0.05, 0) is 45.7 Å². The van der Waals surface area contributed by atoms with Crippen LogP contribution in [0.25, 0.3) is 11.3 Å². The fourth-order valence-corrected chi connectivity index (χ4v) is 2.67. The third-order valence-electron chi connectivity index (χ3n) is 3.83. The lowest BCUT2D eigenvalue weighted by Gasteiger charge is -2.24. The van der Waals surface area contributed by atoms with Gasteiger partial charge >= 0.3 is 0 Å². The van der Waals surface area contributed by atoms with Gasteiger partial charge in [-0.2, -0.15) is 0 Å². The summed E-state index contributed by atoms with van der Waals surface area (Å²) in [6.07, 6.45) is 0.881. The highest BCUT2D eigenvalue weighted by molar-refractivity contribution is 5.74. The number of anilines is 1. The summed E-state index contributed by atoms with van der Waals surface area (Å²) in [5.74, 6) is 1.81. The quantitative estimate of drug-likeness (QED) is 0.895. The van der Waals surface area contributed by atoms with E-state index in [2.05, 4.69) is 64.3 Å². The number of aryl methyl sites for hydroxylation is 2. The van der Waals surface area contributed by atoms with E-state index in [-0.39, 0.29) is 5.54 Å². The molecule has 1 aromatic heterocycles. The highest BCUT2D eigenvalue weighted by Crippen LogP contribution is 2.33. The molecule has 0 bridgehead atoms. The van der Waals surface area contributed by atoms with Crippen molar-refractivity contribution in [1.82, 2.24) is 9.55 Å². The van der Waals surface area contributed by atoms with Gasteiger partial charge in [-0.1, -0.05) is 25.1 Å². The summed E-state index contributed by atoms with van der Waals surface area (Å²) in [7, 11) is 0. The van der Waals surface area contributed by atoms with Gasteiger partial charge in [0.1, 0.15) is 17.3 Å². The Labute approximate surface area is 121 Å². The molecule has 108 valence electrons. The number of aromatic nitrogens is 2. The summed E-state index contributed by atoms with van der Waals surface area (Å²) in [4.78, 5) is 4.80. The molecule has 0 saturated carbocycles. The fourth-order valence-electron chi connectivity index (χ4n) is 2.67. The lowest BCUT2D eigenvalue weighted by Crippen LogP contribution is -2.25. The van der Waals surface area contributed by atoms with E-state index in [1.165, 1.54) is 11.1 Å². The lowest BCUT2D eigenvalue weighted by atomic mass is 10.0. The van der Waals surface area contributed by atoms with Gasteiger partial charge < -0.3 is 10.3 Å². The van der Waals surface area contributed by atoms with Crippen LogP contribution >= 0.6 is 0 Å². The van der Waals surface area contributed by atoms with Crippen molar-refractivity contribution in [1.29, 1.82) is 0 Å². The minimum Gasteiger partial charge on any atom is -0.383 e. The molecule has 0 radical (unpaired) electrons. The van der Waals surface area contributed by atoms with Crippen molar-refractivity contribution < 1.29 is 0 Å². The Morgan fingerprint density at radius 1 is 1.20 bits per heavy atom. The van der Waals surface area contributed by atoms with Gasteiger partial charge in [0, 0.05) is 17.5 Å². The van der Waals surface area contributed by atoms with Crippen LogP contribution in [0.2, 0.25) is 0 Å². The molecule has 0 aliphatic carbocycles. The van der Waals surface area contributed by atoms with E-state index >= 15 is 0 Å². The molecule has 20 heavy (non-hydrogen) atoms. The van der Waals surface area contributed by atoms with Crippen LogP contribution in [0.15, 0.2) is 18.2 Å². The third-order valence-corrected chi connectivity index (χ3v) is 3.83. The van der Waals surface area contributed by atoms with E-state index in [9.17, 15) is 0 Å². The first-order chi connectivity index (χ1) is 9.27. The maximum Gasteiger partial charge on any atom is 0.132 e. The molecule has 0 aliphatic heterocycles. The monoisotopic (exact) mass is 271 g/mol. The second kappa shape index (κ2) is 4.97. The van der Waals surface area contributed by atoms with Crippen molar-refractivity contribution in [2.45, 2.75) is 53.5 Å². The Kier molecular flexibility index (Phi) is 3.63. The molecule has 3 nitrogen and oxygen atoms in total. The van der Waals surface area contributed by atoms with Crippen molar-refractivity contribution in [3.8, 4) is 11.3 Å². The Morgan fingerprint density at radius 3 is 2.35 bits per heavy atom. The number of nitrogens with zero attached hydrogens (tertiary/aromatic N) is 2. The highest BCUT2D eigenvalue weighted by atomic mass is 15.2. The standard InChI is InChI=1S/C17H25N3/c1-7-14-19-15(16(18)20(14)17(4,5)6)13-10-8-9-11(2)12(13)3/h8-10H,7,18H2,1-6H3. The molecule has 0 atom stereocenters. The molecule has 0 aliphatic rings. The largest absolute Gasteiger partial charge is 0.383 e. The van der Waals surface area contributed by atoms with Gasteiger partial charge in [0.05, 0.1) is 0 Å². The van der Waals surface area contributed by atoms with Crippen LogP contribution < -0.4 is 5.73 Å². The van der Waals surface area contributed by atoms with Crippen molar-refractivity contribution in [2.75, 3.05) is 5.73 Å². The summed E-state index contributed by atoms with van der Waals surface area (Å²) in [6, 6.07) is 6.29. The Hall–Kier alpha value is -1.77. The molecule has 2 N–H and O–H groups in total. The molecular formula is C17H25N3. The summed E-state index contributed by atoms with van der Waals surface area (Å²) in [5.41, 5.74) is 10.9. The zero-order chi connectivity index (χ0) is 15.1. The zero-order valence-corrected chi connectivity index (χ0v) is 13.4. The summed E-state index contributed by atoms with van der Waals surface area (Å²) < 4.78 is 2.16. The van der Waals surface area contributed by atoms with Gasteiger partial charge in [0.15, 0.2) is 0 Å². The zero-order valence-electron chi connectivity index (χ0n) is 13.4. The molecule has 2 rings (SSSR count). The van der Waals surface area contributed by atoms with Gasteiger partial charge in [0.2, 0.25) is 0 Å². The summed E-state index contributed by atoms with van der Waals surface area (Å²) >= 11 is 0. The van der Waals surface area contributed by atoms with Crippen LogP contribution in [0.5, 0.6) is 0 Å². The van der Waals surface area contributed by atoms with Crippen LogP contribution in [0.1, 0.15) is 44.6 Å². The first-order valence-corrected chi connectivity index (χ1v) is 7.21. The Bertz CT molecular complexity index is 630. The molecule has 0 unspecified atom stereocenters. The lowest BCUT2D eigenvalue weighted by molar-refractivity contribution is 0.389. The van der Waals surface area contributed by atoms with Crippen LogP contribution in [0, 0.1) is 13.8 Å². The predicted molar refractivity (Wildman–Crippen MR) is 85.9 cm³/mol. The van der Waals surface area contributed by atoms with E-state index < -0.39 is 0 Å². The van der Waals surface area contributed by atoms with Crippen molar-refractivity contribution >= 4 is 5.82 Å². The number of rotatable bonds is 2. The molecule has 2 aromatic rings. The average molecular weight is 271 g/mol. The van der Waals surface area contributed by atoms with Crippen LogP contribution in [-0.4, -0.2) is 9.55 Å². The van der Waals surface area contributed by atoms with Gasteiger partial charge in [-0.3, -0.25) is 0 Å². The van der Waals surface area contributed by atoms with Crippen LogP contribution in [-0.2, 0) is 12.0 Å². The predicted octanol–water partition coefficient (Wildman–Crippen LogP) is 4.07. The fraction of sp³-hybridized carbons (Fsp3) is 0.471. The third kappa shape index (κ3) is 2.33. The molecule has 1 aromatic carbocycles. The molecule has 1 heterocycles. The Morgan fingerprint density at radius 2 is 1.85 bits per heavy atom. The normalized spacial score (nSPS) is 11.9. The molecule has 0 fully saturated rings. The minimum atomic E-state index is -0.0571. The van der Waals surface area contributed by atoms with Crippen molar-refractivity contribution in [3.63, 3.8) is 0 Å².